The van der Waals surface area contributed by atoms with Crippen LogP contribution in [0.5, 0.6) is 0 Å². The van der Waals surface area contributed by atoms with Gasteiger partial charge in [0, 0.05) is 23.4 Å². The molecule has 4 nitrogen and oxygen atoms in total. The van der Waals surface area contributed by atoms with Gasteiger partial charge in [-0.25, -0.2) is 15.0 Å². The molecule has 5 heteroatoms. The maximum Gasteiger partial charge on any atom is 0.181 e. The zero-order valence-corrected chi connectivity index (χ0v) is 12.0. The fraction of sp³-hybridized carbons (Fsp3) is 0.462. The Hall–Kier alpha value is -1.49. The van der Waals surface area contributed by atoms with Crippen molar-refractivity contribution in [2.24, 2.45) is 0 Å². The van der Waals surface area contributed by atoms with Crippen LogP contribution in [0.1, 0.15) is 33.4 Å². The van der Waals surface area contributed by atoms with Crippen LogP contribution >= 0.6 is 11.3 Å². The fourth-order valence-corrected chi connectivity index (χ4v) is 2.07. The molecule has 0 aliphatic heterocycles. The van der Waals surface area contributed by atoms with Crippen LogP contribution in [-0.4, -0.2) is 21.5 Å². The van der Waals surface area contributed by atoms with Crippen molar-refractivity contribution in [3.63, 3.8) is 0 Å². The second-order valence-electron chi connectivity index (χ2n) is 5.12. The Morgan fingerprint density at radius 3 is 2.61 bits per heavy atom. The summed E-state index contributed by atoms with van der Waals surface area (Å²) in [6.07, 6.45) is 0. The van der Waals surface area contributed by atoms with Gasteiger partial charge in [0.1, 0.15) is 11.5 Å². The molecule has 18 heavy (non-hydrogen) atoms. The first kappa shape index (κ1) is 13.0. The summed E-state index contributed by atoms with van der Waals surface area (Å²) >= 11 is 1.56. The summed E-state index contributed by atoms with van der Waals surface area (Å²) in [4.78, 5) is 13.4. The number of aromatic nitrogens is 3. The molecule has 2 rings (SSSR count). The van der Waals surface area contributed by atoms with Crippen molar-refractivity contribution in [1.29, 1.82) is 0 Å². The lowest BCUT2D eigenvalue weighted by Gasteiger charge is -2.19. The number of nitrogens with one attached hydrogen (secondary N) is 1. The maximum absolute atomic E-state index is 4.62. The number of anilines is 1. The first-order valence-electron chi connectivity index (χ1n) is 6.02. The molecule has 2 aromatic rings. The van der Waals surface area contributed by atoms with E-state index in [-0.39, 0.29) is 5.41 Å². The first-order chi connectivity index (χ1) is 8.50. The number of hydrogen-bond acceptors (Lipinski definition) is 5. The highest BCUT2D eigenvalue weighted by molar-refractivity contribution is 7.07. The van der Waals surface area contributed by atoms with Crippen LogP contribution in [-0.2, 0) is 5.41 Å². The molecule has 2 heterocycles. The summed E-state index contributed by atoms with van der Waals surface area (Å²) < 4.78 is 0. The van der Waals surface area contributed by atoms with Gasteiger partial charge in [0.25, 0.3) is 0 Å². The Balaban J connectivity index is 2.50. The Labute approximate surface area is 112 Å². The molecule has 0 aliphatic carbocycles. The van der Waals surface area contributed by atoms with Gasteiger partial charge in [-0.2, -0.15) is 0 Å². The molecule has 0 unspecified atom stereocenters. The van der Waals surface area contributed by atoms with E-state index in [0.29, 0.717) is 5.82 Å². The highest BCUT2D eigenvalue weighted by Crippen LogP contribution is 2.25. The molecule has 0 amide bonds. The van der Waals surface area contributed by atoms with Gasteiger partial charge >= 0.3 is 0 Å². The Bertz CT molecular complexity index is 514. The van der Waals surface area contributed by atoms with Crippen LogP contribution in [0.3, 0.4) is 0 Å². The van der Waals surface area contributed by atoms with Crippen molar-refractivity contribution in [2.75, 3.05) is 11.9 Å². The second-order valence-corrected chi connectivity index (χ2v) is 5.83. The van der Waals surface area contributed by atoms with Crippen LogP contribution in [0.15, 0.2) is 17.0 Å². The van der Waals surface area contributed by atoms with Crippen molar-refractivity contribution in [3.8, 4) is 11.5 Å². The fourth-order valence-electron chi connectivity index (χ4n) is 1.54. The summed E-state index contributed by atoms with van der Waals surface area (Å²) in [6, 6.07) is 2.01. The van der Waals surface area contributed by atoms with Gasteiger partial charge in [0.05, 0.1) is 11.2 Å². The standard InChI is InChI=1S/C13H18N4S/c1-5-14-11-6-10(13(2,3)4)16-12(17-11)9-7-18-8-15-9/h6-8H,5H2,1-4H3,(H,14,16,17). The van der Waals surface area contributed by atoms with E-state index in [1.807, 2.05) is 11.4 Å². The van der Waals surface area contributed by atoms with Gasteiger partial charge in [-0.05, 0) is 6.92 Å². The SMILES string of the molecule is CCNc1cc(C(C)(C)C)nc(-c2cscn2)n1. The zero-order valence-electron chi connectivity index (χ0n) is 11.2. The van der Waals surface area contributed by atoms with Crippen LogP contribution in [0.2, 0.25) is 0 Å². The minimum atomic E-state index is -0.00210. The molecule has 0 radical (unpaired) electrons. The highest BCUT2D eigenvalue weighted by atomic mass is 32.1. The molecule has 0 aromatic carbocycles. The van der Waals surface area contributed by atoms with Gasteiger partial charge in [0.2, 0.25) is 0 Å². The van der Waals surface area contributed by atoms with Crippen molar-refractivity contribution >= 4 is 17.2 Å². The van der Waals surface area contributed by atoms with Crippen molar-refractivity contribution in [3.05, 3.63) is 22.7 Å². The Morgan fingerprint density at radius 2 is 2.06 bits per heavy atom. The van der Waals surface area contributed by atoms with E-state index in [4.69, 9.17) is 0 Å². The minimum Gasteiger partial charge on any atom is -0.370 e. The van der Waals surface area contributed by atoms with E-state index < -0.39 is 0 Å². The van der Waals surface area contributed by atoms with Crippen LogP contribution in [0.4, 0.5) is 5.82 Å². The highest BCUT2D eigenvalue weighted by Gasteiger charge is 2.18. The summed E-state index contributed by atoms with van der Waals surface area (Å²) in [5.41, 5.74) is 3.66. The van der Waals surface area contributed by atoms with E-state index in [1.165, 1.54) is 0 Å². The Morgan fingerprint density at radius 1 is 1.28 bits per heavy atom. The lowest BCUT2D eigenvalue weighted by atomic mass is 9.92. The average Bonchev–Trinajstić information content (AvgIpc) is 2.81. The molecule has 0 fully saturated rings. The third-order valence-corrected chi connectivity index (χ3v) is 3.10. The number of hydrogen-bond donors (Lipinski definition) is 1. The third kappa shape index (κ3) is 2.85. The first-order valence-corrected chi connectivity index (χ1v) is 6.97. The predicted octanol–water partition coefficient (Wildman–Crippen LogP) is 3.33. The average molecular weight is 262 g/mol. The van der Waals surface area contributed by atoms with Gasteiger partial charge in [-0.3, -0.25) is 0 Å². The molecule has 96 valence electrons. The summed E-state index contributed by atoms with van der Waals surface area (Å²) in [7, 11) is 0. The normalized spacial score (nSPS) is 11.6. The maximum atomic E-state index is 4.62. The molecule has 0 atom stereocenters. The van der Waals surface area contributed by atoms with Gasteiger partial charge < -0.3 is 5.32 Å². The van der Waals surface area contributed by atoms with Crippen molar-refractivity contribution in [1.82, 2.24) is 15.0 Å². The smallest absolute Gasteiger partial charge is 0.181 e. The predicted molar refractivity (Wildman–Crippen MR) is 76.0 cm³/mol. The molecule has 0 aliphatic rings. The molecular weight excluding hydrogens is 244 g/mol. The molecule has 1 N–H and O–H groups in total. The van der Waals surface area contributed by atoms with Gasteiger partial charge in [0.15, 0.2) is 5.82 Å². The summed E-state index contributed by atoms with van der Waals surface area (Å²) in [6.45, 7) is 9.35. The third-order valence-electron chi connectivity index (χ3n) is 2.51. The molecule has 0 spiro atoms. The number of thiazole rings is 1. The quantitative estimate of drug-likeness (QED) is 0.921. The lowest BCUT2D eigenvalue weighted by Crippen LogP contribution is -2.16. The van der Waals surface area contributed by atoms with Crippen LogP contribution in [0.25, 0.3) is 11.5 Å². The van der Waals surface area contributed by atoms with E-state index in [9.17, 15) is 0 Å². The minimum absolute atomic E-state index is 0.00210. The summed E-state index contributed by atoms with van der Waals surface area (Å²) in [5, 5.41) is 5.22. The molecule has 2 aromatic heterocycles. The number of nitrogens with zero attached hydrogens (tertiary/aromatic N) is 3. The second kappa shape index (κ2) is 5.02. The van der Waals surface area contributed by atoms with Gasteiger partial charge in [-0.1, -0.05) is 20.8 Å². The Kier molecular flexibility index (Phi) is 3.61. The van der Waals surface area contributed by atoms with Crippen LogP contribution < -0.4 is 5.32 Å². The summed E-state index contributed by atoms with van der Waals surface area (Å²) in [5.74, 6) is 1.56. The monoisotopic (exact) mass is 262 g/mol. The van der Waals surface area contributed by atoms with Crippen molar-refractivity contribution in [2.45, 2.75) is 33.1 Å². The number of rotatable bonds is 3. The molecule has 0 bridgehead atoms. The van der Waals surface area contributed by atoms with E-state index in [1.54, 1.807) is 16.8 Å². The molecule has 0 saturated heterocycles. The van der Waals surface area contributed by atoms with Gasteiger partial charge in [-0.15, -0.1) is 11.3 Å². The van der Waals surface area contributed by atoms with Crippen LogP contribution in [0, 0.1) is 0 Å². The van der Waals surface area contributed by atoms with E-state index in [0.717, 1.165) is 23.8 Å². The largest absolute Gasteiger partial charge is 0.370 e. The molecular formula is C13H18N4S. The van der Waals surface area contributed by atoms with E-state index >= 15 is 0 Å². The molecule has 0 saturated carbocycles. The lowest BCUT2D eigenvalue weighted by molar-refractivity contribution is 0.568. The van der Waals surface area contributed by atoms with Crippen molar-refractivity contribution < 1.29 is 0 Å². The van der Waals surface area contributed by atoms with E-state index in [2.05, 4.69) is 48.0 Å². The zero-order chi connectivity index (χ0) is 13.2. The topological polar surface area (TPSA) is 50.7 Å².